The number of hydrogen-bond donors (Lipinski definition) is 11. The first kappa shape index (κ1) is 44.3. The van der Waals surface area contributed by atoms with Crippen LogP contribution in [-0.4, -0.2) is 203 Å². The van der Waals surface area contributed by atoms with Gasteiger partial charge in [0.05, 0.1) is 78.8 Å². The summed E-state index contributed by atoms with van der Waals surface area (Å²) in [6.07, 6.45) is -6.49. The molecule has 0 aromatic heterocycles. The third-order valence-corrected chi connectivity index (χ3v) is 8.01. The summed E-state index contributed by atoms with van der Waals surface area (Å²) in [5.74, 6) is -9.05. The average molecular weight is 697 g/mol. The topological polar surface area (TPSA) is 296 Å². The van der Waals surface area contributed by atoms with Crippen LogP contribution < -0.4 is 0 Å². The van der Waals surface area contributed by atoms with Crippen LogP contribution in [0, 0.1) is 5.92 Å². The van der Waals surface area contributed by atoms with E-state index in [0.717, 1.165) is 7.11 Å². The Balaban J connectivity index is 3.53. The molecule has 0 spiro atoms. The van der Waals surface area contributed by atoms with Crippen molar-refractivity contribution in [2.75, 3.05) is 93.0 Å². The number of aliphatic hydroxyl groups excluding tert-OH is 11. The summed E-state index contributed by atoms with van der Waals surface area (Å²) in [4.78, 5) is 0. The summed E-state index contributed by atoms with van der Waals surface area (Å²) in [5, 5.41) is 110. The third-order valence-electron chi connectivity index (χ3n) is 8.01. The van der Waals surface area contributed by atoms with Crippen LogP contribution in [0.25, 0.3) is 0 Å². The maximum atomic E-state index is 11.7. The molecule has 1 fully saturated rings. The largest absolute Gasteiger partial charge is 0.394 e. The zero-order valence-corrected chi connectivity index (χ0v) is 27.3. The van der Waals surface area contributed by atoms with Gasteiger partial charge in [0.1, 0.15) is 37.6 Å². The van der Waals surface area contributed by atoms with Crippen molar-refractivity contribution in [1.82, 2.24) is 0 Å². The van der Waals surface area contributed by atoms with E-state index in [9.17, 15) is 56.2 Å². The molecule has 19 nitrogen and oxygen atoms in total. The molecule has 1 aliphatic rings. The van der Waals surface area contributed by atoms with E-state index < -0.39 is 145 Å². The molecule has 0 bridgehead atoms. The maximum Gasteiger partial charge on any atom is 0.219 e. The van der Waals surface area contributed by atoms with Crippen LogP contribution in [0.15, 0.2) is 0 Å². The van der Waals surface area contributed by atoms with Crippen molar-refractivity contribution >= 4 is 0 Å². The van der Waals surface area contributed by atoms with Crippen LogP contribution in [0.2, 0.25) is 0 Å². The number of methoxy groups -OCH3 is 1. The molecule has 1 aliphatic heterocycles. The Hall–Kier alpha value is -0.760. The van der Waals surface area contributed by atoms with Gasteiger partial charge < -0.3 is 94.1 Å². The zero-order chi connectivity index (χ0) is 35.7. The lowest BCUT2D eigenvalue weighted by Crippen LogP contribution is -2.57. The molecule has 1 heterocycles. The molecule has 0 aromatic carbocycles. The van der Waals surface area contributed by atoms with Crippen molar-refractivity contribution < 1.29 is 94.1 Å². The highest BCUT2D eigenvalue weighted by Gasteiger charge is 2.58. The Bertz CT molecular complexity index is 763. The van der Waals surface area contributed by atoms with Gasteiger partial charge in [0.15, 0.2) is 11.6 Å². The lowest BCUT2D eigenvalue weighted by molar-refractivity contribution is -0.367. The van der Waals surface area contributed by atoms with Crippen LogP contribution in [0.1, 0.15) is 26.7 Å². The monoisotopic (exact) mass is 696 g/mol. The molecule has 0 saturated carbocycles. The second-order valence-corrected chi connectivity index (χ2v) is 11.1. The predicted molar refractivity (Wildman–Crippen MR) is 156 cm³/mol. The molecule has 0 aromatic rings. The van der Waals surface area contributed by atoms with Crippen molar-refractivity contribution in [2.45, 2.75) is 80.4 Å². The van der Waals surface area contributed by atoms with E-state index in [1.807, 2.05) is 0 Å². The van der Waals surface area contributed by atoms with Crippen LogP contribution >= 0.6 is 0 Å². The molecule has 0 amide bonds. The molecular weight excluding hydrogens is 640 g/mol. The van der Waals surface area contributed by atoms with Gasteiger partial charge >= 0.3 is 0 Å². The standard InChI is InChI=1S/C28H56O19/c1-4-25(14-36,44-19(6-29)7-30)41-13-22-23(12-35)47-28(24(22)39,18-42-26(5-2,15-37)45-20(8-31)9-32)43-17-27(16-38,40-3)46-21(10-33)11-34/h19-24,29-39H,4-18H2,1-3H3/t22-,23-,24+,25-,26-,27+,28-/m1/s1. The number of hydrogen-bond acceptors (Lipinski definition) is 19. The van der Waals surface area contributed by atoms with Gasteiger partial charge in [-0.3, -0.25) is 0 Å². The first-order valence-corrected chi connectivity index (χ1v) is 15.4. The van der Waals surface area contributed by atoms with Crippen molar-refractivity contribution in [3.8, 4) is 0 Å². The average Bonchev–Trinajstić information content (AvgIpc) is 3.39. The van der Waals surface area contributed by atoms with Crippen molar-refractivity contribution in [3.63, 3.8) is 0 Å². The Labute approximate surface area is 273 Å². The van der Waals surface area contributed by atoms with Crippen LogP contribution in [0.5, 0.6) is 0 Å². The van der Waals surface area contributed by atoms with E-state index in [4.69, 9.17) is 37.9 Å². The zero-order valence-electron chi connectivity index (χ0n) is 27.3. The summed E-state index contributed by atoms with van der Waals surface area (Å²) in [5.41, 5.74) is 0. The second kappa shape index (κ2) is 21.5. The van der Waals surface area contributed by atoms with Gasteiger partial charge in [-0.2, -0.15) is 0 Å². The highest BCUT2D eigenvalue weighted by Crippen LogP contribution is 2.40. The van der Waals surface area contributed by atoms with Crippen molar-refractivity contribution in [1.29, 1.82) is 0 Å². The molecule has 47 heavy (non-hydrogen) atoms. The van der Waals surface area contributed by atoms with Gasteiger partial charge in [0.2, 0.25) is 11.6 Å². The first-order valence-electron chi connectivity index (χ1n) is 15.4. The molecule has 282 valence electrons. The highest BCUT2D eigenvalue weighted by molar-refractivity contribution is 4.98. The quantitative estimate of drug-likeness (QED) is 0.0341. The molecular formula is C28H56O19. The van der Waals surface area contributed by atoms with Crippen LogP contribution in [0.4, 0.5) is 0 Å². The molecule has 11 N–H and O–H groups in total. The second-order valence-electron chi connectivity index (χ2n) is 11.1. The van der Waals surface area contributed by atoms with E-state index in [-0.39, 0.29) is 12.8 Å². The lowest BCUT2D eigenvalue weighted by Gasteiger charge is -2.41. The summed E-state index contributed by atoms with van der Waals surface area (Å²) >= 11 is 0. The SMILES string of the molecule is CC[C@@](CO)(OC[C@@H]1[C@@H](CO)O[C@@](CO[C@@](CC)(CO)OC(CO)CO)(OC[C@@](CO)(OC)OC(CO)CO)[C@H]1O)OC(CO)CO. The van der Waals surface area contributed by atoms with Gasteiger partial charge in [-0.15, -0.1) is 0 Å². The number of aliphatic hydroxyl groups is 11. The van der Waals surface area contributed by atoms with E-state index in [1.165, 1.54) is 0 Å². The normalized spacial score (nSPS) is 25.9. The Morgan fingerprint density at radius 1 is 0.660 bits per heavy atom. The fourth-order valence-electron chi connectivity index (χ4n) is 4.73. The molecule has 1 rings (SSSR count). The Kier molecular flexibility index (Phi) is 20.2. The third kappa shape index (κ3) is 11.6. The fourth-order valence-corrected chi connectivity index (χ4v) is 4.73. The minimum atomic E-state index is -2.27. The summed E-state index contributed by atoms with van der Waals surface area (Å²) in [7, 11) is 1.14. The van der Waals surface area contributed by atoms with Gasteiger partial charge in [-0.05, 0) is 0 Å². The maximum absolute atomic E-state index is 11.7. The van der Waals surface area contributed by atoms with Crippen LogP contribution in [0.3, 0.4) is 0 Å². The minimum Gasteiger partial charge on any atom is -0.394 e. The van der Waals surface area contributed by atoms with Gasteiger partial charge in [0, 0.05) is 25.9 Å². The molecule has 7 atom stereocenters. The van der Waals surface area contributed by atoms with Crippen molar-refractivity contribution in [2.24, 2.45) is 5.92 Å². The van der Waals surface area contributed by atoms with Crippen molar-refractivity contribution in [3.05, 3.63) is 0 Å². The Morgan fingerprint density at radius 2 is 1.09 bits per heavy atom. The molecule has 19 heteroatoms. The summed E-state index contributed by atoms with van der Waals surface area (Å²) in [6.45, 7) is -5.62. The smallest absolute Gasteiger partial charge is 0.219 e. The highest BCUT2D eigenvalue weighted by atomic mass is 16.8. The molecule has 0 radical (unpaired) electrons. The summed E-state index contributed by atoms with van der Waals surface area (Å²) in [6, 6.07) is 0. The fraction of sp³-hybridized carbons (Fsp3) is 1.00. The lowest BCUT2D eigenvalue weighted by atomic mass is 9.95. The first-order chi connectivity index (χ1) is 22.4. The predicted octanol–water partition coefficient (Wildman–Crippen LogP) is -5.26. The Morgan fingerprint density at radius 3 is 1.45 bits per heavy atom. The minimum absolute atomic E-state index is 0.0308. The molecule has 0 aliphatic carbocycles. The van der Waals surface area contributed by atoms with Gasteiger partial charge in [-0.1, -0.05) is 13.8 Å². The number of rotatable bonds is 28. The number of ether oxygens (including phenoxy) is 8. The van der Waals surface area contributed by atoms with E-state index in [2.05, 4.69) is 0 Å². The summed E-state index contributed by atoms with van der Waals surface area (Å²) < 4.78 is 45.9. The van der Waals surface area contributed by atoms with Gasteiger partial charge in [-0.25, -0.2) is 0 Å². The van der Waals surface area contributed by atoms with Crippen LogP contribution in [-0.2, 0) is 37.9 Å². The van der Waals surface area contributed by atoms with E-state index in [1.54, 1.807) is 13.8 Å². The van der Waals surface area contributed by atoms with Gasteiger partial charge in [0.25, 0.3) is 0 Å². The van der Waals surface area contributed by atoms with E-state index >= 15 is 0 Å². The molecule has 1 saturated heterocycles. The molecule has 0 unspecified atom stereocenters. The van der Waals surface area contributed by atoms with E-state index in [0.29, 0.717) is 0 Å².